The first-order chi connectivity index (χ1) is 10.3. The highest BCUT2D eigenvalue weighted by atomic mass is 79.9. The number of rotatable bonds is 8. The summed E-state index contributed by atoms with van der Waals surface area (Å²) in [6, 6.07) is 7.15. The average molecular weight is 370 g/mol. The minimum Gasteiger partial charge on any atom is -0.497 e. The number of carboxylic acid groups (broad SMARTS) is 2. The van der Waals surface area contributed by atoms with Crippen LogP contribution in [0.15, 0.2) is 22.7 Å². The molecule has 0 aliphatic heterocycles. The third-order valence-electron chi connectivity index (χ3n) is 3.43. The number of nitrogens with zero attached hydrogens (tertiary/aromatic N) is 1. The van der Waals surface area contributed by atoms with Crippen molar-refractivity contribution < 1.29 is 24.5 Å². The molecule has 0 heterocycles. The van der Waals surface area contributed by atoms with E-state index in [4.69, 9.17) is 14.9 Å². The SMILES string of the molecule is COc1ccc(Br)c(C(C#N)(CCC(=O)O)CCC(=O)O)c1. The second kappa shape index (κ2) is 7.80. The van der Waals surface area contributed by atoms with Gasteiger partial charge in [-0.1, -0.05) is 15.9 Å². The molecule has 0 amide bonds. The molecule has 0 spiro atoms. The van der Waals surface area contributed by atoms with E-state index in [1.54, 1.807) is 18.2 Å². The summed E-state index contributed by atoms with van der Waals surface area (Å²) in [4.78, 5) is 21.8. The topological polar surface area (TPSA) is 108 Å². The number of carboxylic acids is 2. The van der Waals surface area contributed by atoms with E-state index in [0.717, 1.165) is 0 Å². The molecule has 0 aliphatic rings. The third-order valence-corrected chi connectivity index (χ3v) is 4.13. The number of carbonyl (C=O) groups is 2. The molecular formula is C15H16BrNO5. The number of ether oxygens (including phenoxy) is 1. The number of halogens is 1. The molecule has 1 rings (SSSR count). The molecule has 22 heavy (non-hydrogen) atoms. The molecule has 0 saturated carbocycles. The Hall–Kier alpha value is -2.07. The van der Waals surface area contributed by atoms with Crippen molar-refractivity contribution in [2.75, 3.05) is 7.11 Å². The van der Waals surface area contributed by atoms with Crippen molar-refractivity contribution in [2.24, 2.45) is 0 Å². The van der Waals surface area contributed by atoms with E-state index >= 15 is 0 Å². The van der Waals surface area contributed by atoms with Crippen LogP contribution in [0.25, 0.3) is 0 Å². The van der Waals surface area contributed by atoms with Crippen LogP contribution < -0.4 is 4.74 Å². The molecule has 0 aromatic heterocycles. The second-order valence-corrected chi connectivity index (χ2v) is 5.68. The lowest BCUT2D eigenvalue weighted by atomic mass is 9.74. The Balaban J connectivity index is 3.30. The molecule has 0 saturated heterocycles. The normalized spacial score (nSPS) is 10.8. The standard InChI is InChI=1S/C15H16BrNO5/c1-22-10-2-3-12(16)11(8-10)15(9-17,6-4-13(18)19)7-5-14(20)21/h2-3,8H,4-7H2,1H3,(H,18,19)(H,20,21). The maximum Gasteiger partial charge on any atom is 0.303 e. The van der Waals surface area contributed by atoms with Gasteiger partial charge >= 0.3 is 11.9 Å². The predicted octanol–water partition coefficient (Wildman–Crippen LogP) is 2.95. The molecule has 0 fully saturated rings. The van der Waals surface area contributed by atoms with Gasteiger partial charge in [0.1, 0.15) is 5.75 Å². The van der Waals surface area contributed by atoms with Gasteiger partial charge in [-0.05, 0) is 36.6 Å². The van der Waals surface area contributed by atoms with Crippen LogP contribution in [0.5, 0.6) is 5.75 Å². The Morgan fingerprint density at radius 1 is 1.27 bits per heavy atom. The van der Waals surface area contributed by atoms with Crippen LogP contribution in [0.2, 0.25) is 0 Å². The Kier molecular flexibility index (Phi) is 6.38. The summed E-state index contributed by atoms with van der Waals surface area (Å²) in [6.45, 7) is 0. The zero-order valence-electron chi connectivity index (χ0n) is 12.0. The third kappa shape index (κ3) is 4.46. The lowest BCUT2D eigenvalue weighted by Crippen LogP contribution is -2.27. The average Bonchev–Trinajstić information content (AvgIpc) is 2.48. The van der Waals surface area contributed by atoms with Crippen molar-refractivity contribution in [3.05, 3.63) is 28.2 Å². The van der Waals surface area contributed by atoms with E-state index in [9.17, 15) is 14.9 Å². The second-order valence-electron chi connectivity index (χ2n) is 4.83. The molecular weight excluding hydrogens is 354 g/mol. The predicted molar refractivity (Wildman–Crippen MR) is 81.7 cm³/mol. The van der Waals surface area contributed by atoms with Gasteiger partial charge in [-0.2, -0.15) is 5.26 Å². The van der Waals surface area contributed by atoms with Gasteiger partial charge in [-0.3, -0.25) is 9.59 Å². The molecule has 0 atom stereocenters. The van der Waals surface area contributed by atoms with E-state index in [2.05, 4.69) is 22.0 Å². The van der Waals surface area contributed by atoms with Gasteiger partial charge < -0.3 is 14.9 Å². The molecule has 0 bridgehead atoms. The Labute approximate surface area is 136 Å². The van der Waals surface area contributed by atoms with Crippen LogP contribution in [-0.2, 0) is 15.0 Å². The molecule has 0 unspecified atom stereocenters. The van der Waals surface area contributed by atoms with E-state index in [1.165, 1.54) is 7.11 Å². The van der Waals surface area contributed by atoms with Gasteiger partial charge in [0.15, 0.2) is 0 Å². The summed E-state index contributed by atoms with van der Waals surface area (Å²) in [5.74, 6) is -1.55. The largest absolute Gasteiger partial charge is 0.497 e. The highest BCUT2D eigenvalue weighted by Crippen LogP contribution is 2.39. The number of hydrogen-bond donors (Lipinski definition) is 2. The highest BCUT2D eigenvalue weighted by Gasteiger charge is 2.35. The first-order valence-corrected chi connectivity index (χ1v) is 7.33. The fourth-order valence-electron chi connectivity index (χ4n) is 2.21. The quantitative estimate of drug-likeness (QED) is 0.729. The summed E-state index contributed by atoms with van der Waals surface area (Å²) in [6.07, 6.45) is -0.399. The molecule has 6 nitrogen and oxygen atoms in total. The van der Waals surface area contributed by atoms with Crippen molar-refractivity contribution in [1.82, 2.24) is 0 Å². The van der Waals surface area contributed by atoms with Crippen LogP contribution in [-0.4, -0.2) is 29.3 Å². The Morgan fingerprint density at radius 2 is 1.82 bits per heavy atom. The van der Waals surface area contributed by atoms with Gasteiger partial charge in [0.2, 0.25) is 0 Å². The van der Waals surface area contributed by atoms with Crippen LogP contribution in [0.4, 0.5) is 0 Å². The van der Waals surface area contributed by atoms with E-state index in [1.807, 2.05) is 0 Å². The monoisotopic (exact) mass is 369 g/mol. The van der Waals surface area contributed by atoms with Crippen molar-refractivity contribution >= 4 is 27.9 Å². The maximum atomic E-state index is 10.9. The Morgan fingerprint density at radius 3 is 2.23 bits per heavy atom. The molecule has 2 N–H and O–H groups in total. The minimum absolute atomic E-state index is 0.0257. The molecule has 118 valence electrons. The van der Waals surface area contributed by atoms with E-state index in [0.29, 0.717) is 15.8 Å². The summed E-state index contributed by atoms with van der Waals surface area (Å²) >= 11 is 3.35. The minimum atomic E-state index is -1.20. The zero-order chi connectivity index (χ0) is 16.8. The lowest BCUT2D eigenvalue weighted by molar-refractivity contribution is -0.137. The van der Waals surface area contributed by atoms with Crippen LogP contribution in [0.3, 0.4) is 0 Å². The van der Waals surface area contributed by atoms with E-state index < -0.39 is 17.4 Å². The van der Waals surface area contributed by atoms with Crippen molar-refractivity contribution in [1.29, 1.82) is 5.26 Å². The highest BCUT2D eigenvalue weighted by molar-refractivity contribution is 9.10. The van der Waals surface area contributed by atoms with Crippen LogP contribution in [0, 0.1) is 11.3 Å². The number of nitriles is 1. The van der Waals surface area contributed by atoms with Gasteiger partial charge in [0.25, 0.3) is 0 Å². The van der Waals surface area contributed by atoms with E-state index in [-0.39, 0.29) is 25.7 Å². The molecule has 7 heteroatoms. The fourth-order valence-corrected chi connectivity index (χ4v) is 2.83. The van der Waals surface area contributed by atoms with Gasteiger partial charge in [-0.25, -0.2) is 0 Å². The molecule has 0 radical (unpaired) electrons. The summed E-state index contributed by atoms with van der Waals surface area (Å²) in [5.41, 5.74) is -0.665. The van der Waals surface area contributed by atoms with Crippen molar-refractivity contribution in [3.8, 4) is 11.8 Å². The molecule has 0 aliphatic carbocycles. The van der Waals surface area contributed by atoms with Crippen molar-refractivity contribution in [2.45, 2.75) is 31.1 Å². The first-order valence-electron chi connectivity index (χ1n) is 6.53. The summed E-state index contributed by atoms with van der Waals surface area (Å²) in [7, 11) is 1.48. The molecule has 1 aromatic rings. The van der Waals surface area contributed by atoms with Gasteiger partial charge in [0.05, 0.1) is 18.6 Å². The lowest BCUT2D eigenvalue weighted by Gasteiger charge is -2.27. The molecule has 1 aromatic carbocycles. The number of methoxy groups -OCH3 is 1. The number of aliphatic carboxylic acids is 2. The fraction of sp³-hybridized carbons (Fsp3) is 0.400. The smallest absolute Gasteiger partial charge is 0.303 e. The summed E-state index contributed by atoms with van der Waals surface area (Å²) in [5, 5.41) is 27.5. The number of benzene rings is 1. The van der Waals surface area contributed by atoms with Gasteiger partial charge in [-0.15, -0.1) is 0 Å². The Bertz CT molecular complexity index is 590. The first kappa shape index (κ1) is 18.0. The zero-order valence-corrected chi connectivity index (χ0v) is 13.6. The van der Waals surface area contributed by atoms with Gasteiger partial charge in [0, 0.05) is 17.3 Å². The van der Waals surface area contributed by atoms with Crippen LogP contribution >= 0.6 is 15.9 Å². The van der Waals surface area contributed by atoms with Crippen molar-refractivity contribution in [3.63, 3.8) is 0 Å². The summed E-state index contributed by atoms with van der Waals surface area (Å²) < 4.78 is 5.75. The van der Waals surface area contributed by atoms with Crippen LogP contribution in [0.1, 0.15) is 31.2 Å². The number of hydrogen-bond acceptors (Lipinski definition) is 4. The maximum absolute atomic E-state index is 10.9.